The van der Waals surface area contributed by atoms with Gasteiger partial charge in [0.05, 0.1) is 13.1 Å². The smallest absolute Gasteiger partial charge is 0.119 e. The van der Waals surface area contributed by atoms with Crippen molar-refractivity contribution in [1.82, 2.24) is 10.0 Å². The van der Waals surface area contributed by atoms with Crippen molar-refractivity contribution < 1.29 is 4.55 Å². The van der Waals surface area contributed by atoms with Crippen molar-refractivity contribution >= 4 is 22.9 Å². The zero-order valence-electron chi connectivity index (χ0n) is 7.78. The molecular formula is C8H16N2OS2. The number of rotatable bonds is 1. The summed E-state index contributed by atoms with van der Waals surface area (Å²) in [5, 5.41) is 4.83. The van der Waals surface area contributed by atoms with Gasteiger partial charge in [0.1, 0.15) is 11.5 Å². The van der Waals surface area contributed by atoms with Crippen LogP contribution >= 0.6 is 11.8 Å². The van der Waals surface area contributed by atoms with Gasteiger partial charge in [-0.25, -0.2) is 10.0 Å². The molecule has 5 heteroatoms. The Morgan fingerprint density at radius 2 is 1.46 bits per heavy atom. The van der Waals surface area contributed by atoms with Crippen molar-refractivity contribution in [2.75, 3.05) is 49.2 Å². The van der Waals surface area contributed by atoms with Crippen molar-refractivity contribution in [3.8, 4) is 0 Å². The lowest BCUT2D eigenvalue weighted by molar-refractivity contribution is -0.00838. The van der Waals surface area contributed by atoms with E-state index in [9.17, 15) is 4.55 Å². The molecule has 3 nitrogen and oxygen atoms in total. The highest BCUT2D eigenvalue weighted by Crippen LogP contribution is 2.14. The molecule has 0 radical (unpaired) electrons. The van der Waals surface area contributed by atoms with Gasteiger partial charge in [-0.15, -0.1) is 0 Å². The standard InChI is InChI=1S/C8H16N2OS2/c11-13-7-3-10(4-8-13)9-1-5-12-6-2-9/h1-8H2. The maximum Gasteiger partial charge on any atom is 0.119 e. The molecule has 0 saturated carbocycles. The molecule has 0 spiro atoms. The first-order valence-electron chi connectivity index (χ1n) is 4.79. The fourth-order valence-electron chi connectivity index (χ4n) is 1.75. The van der Waals surface area contributed by atoms with E-state index in [0.717, 1.165) is 24.6 Å². The number of nitrogens with zero attached hydrogens (tertiary/aromatic N) is 2. The van der Waals surface area contributed by atoms with Crippen LogP contribution in [-0.2, 0) is 11.2 Å². The Balaban J connectivity index is 1.79. The Morgan fingerprint density at radius 3 is 2.08 bits per heavy atom. The highest BCUT2D eigenvalue weighted by atomic mass is 32.2. The van der Waals surface area contributed by atoms with Crippen molar-refractivity contribution in [2.45, 2.75) is 0 Å². The summed E-state index contributed by atoms with van der Waals surface area (Å²) in [4.78, 5) is 0. The second-order valence-corrected chi connectivity index (χ2v) is 6.29. The molecule has 2 fully saturated rings. The number of hydrogen-bond acceptors (Lipinski definition) is 4. The van der Waals surface area contributed by atoms with Gasteiger partial charge in [0.2, 0.25) is 0 Å². The number of hydrogen-bond donors (Lipinski definition) is 0. The lowest BCUT2D eigenvalue weighted by Crippen LogP contribution is -2.53. The first kappa shape index (κ1) is 10.1. The molecule has 0 amide bonds. The summed E-state index contributed by atoms with van der Waals surface area (Å²) in [6.07, 6.45) is 0. The highest BCUT2D eigenvalue weighted by molar-refractivity contribution is 7.99. The van der Waals surface area contributed by atoms with Crippen LogP contribution in [0.2, 0.25) is 0 Å². The topological polar surface area (TPSA) is 29.5 Å². The average Bonchev–Trinajstić information content (AvgIpc) is 2.20. The maximum atomic E-state index is 11.2. The highest BCUT2D eigenvalue weighted by Gasteiger charge is 2.24. The Kier molecular flexibility index (Phi) is 3.80. The molecule has 0 aromatic carbocycles. The normalized spacial score (nSPS) is 29.3. The van der Waals surface area contributed by atoms with Crippen molar-refractivity contribution in [3.63, 3.8) is 0 Å². The second kappa shape index (κ2) is 4.89. The van der Waals surface area contributed by atoms with E-state index in [1.54, 1.807) is 0 Å². The van der Waals surface area contributed by atoms with Gasteiger partial charge >= 0.3 is 0 Å². The predicted octanol–water partition coefficient (Wildman–Crippen LogP) is 0.0145. The molecule has 0 aliphatic carbocycles. The molecule has 2 saturated heterocycles. The van der Waals surface area contributed by atoms with Crippen LogP contribution in [-0.4, -0.2) is 63.8 Å². The Bertz CT molecular complexity index is 156. The Morgan fingerprint density at radius 1 is 0.923 bits per heavy atom. The van der Waals surface area contributed by atoms with Gasteiger partial charge in [-0.3, -0.25) is 0 Å². The number of thioether (sulfide) groups is 1. The molecule has 0 bridgehead atoms. The van der Waals surface area contributed by atoms with Crippen LogP contribution in [0.25, 0.3) is 0 Å². The van der Waals surface area contributed by atoms with Crippen molar-refractivity contribution in [3.05, 3.63) is 0 Å². The zero-order valence-corrected chi connectivity index (χ0v) is 9.41. The molecule has 2 aliphatic heterocycles. The summed E-state index contributed by atoms with van der Waals surface area (Å²) in [6.45, 7) is 4.35. The molecule has 0 atom stereocenters. The molecule has 0 unspecified atom stereocenters. The third kappa shape index (κ3) is 2.76. The van der Waals surface area contributed by atoms with Crippen LogP contribution in [0.4, 0.5) is 0 Å². The van der Waals surface area contributed by atoms with E-state index >= 15 is 0 Å². The monoisotopic (exact) mass is 220 g/mol. The van der Waals surface area contributed by atoms with E-state index in [2.05, 4.69) is 10.0 Å². The molecule has 0 aromatic heterocycles. The van der Waals surface area contributed by atoms with Crippen LogP contribution in [0.3, 0.4) is 0 Å². The van der Waals surface area contributed by atoms with Gasteiger partial charge in [-0.1, -0.05) is 11.2 Å². The van der Waals surface area contributed by atoms with Crippen LogP contribution in [0.5, 0.6) is 0 Å². The zero-order chi connectivity index (χ0) is 9.10. The molecule has 2 aliphatic rings. The van der Waals surface area contributed by atoms with E-state index < -0.39 is 11.2 Å². The molecule has 2 rings (SSSR count). The lowest BCUT2D eigenvalue weighted by Gasteiger charge is -2.39. The van der Waals surface area contributed by atoms with Crippen LogP contribution in [0.15, 0.2) is 0 Å². The first-order chi connectivity index (χ1) is 6.36. The van der Waals surface area contributed by atoms with E-state index in [-0.39, 0.29) is 0 Å². The minimum absolute atomic E-state index is 0.539. The molecule has 0 N–H and O–H groups in total. The summed E-state index contributed by atoms with van der Waals surface area (Å²) < 4.78 is 11.2. The van der Waals surface area contributed by atoms with Gasteiger partial charge in [-0.05, 0) is 0 Å². The third-order valence-corrected chi connectivity index (χ3v) is 4.76. The summed E-state index contributed by atoms with van der Waals surface area (Å²) in [5.74, 6) is 4.23. The first-order valence-corrected chi connectivity index (χ1v) is 7.43. The summed E-state index contributed by atoms with van der Waals surface area (Å²) in [5.41, 5.74) is 0. The van der Waals surface area contributed by atoms with Gasteiger partial charge in [0.15, 0.2) is 0 Å². The summed E-state index contributed by atoms with van der Waals surface area (Å²) in [7, 11) is 0. The largest absolute Gasteiger partial charge is 0.616 e. The van der Waals surface area contributed by atoms with Crippen LogP contribution in [0, 0.1) is 0 Å². The fraction of sp³-hybridized carbons (Fsp3) is 1.00. The molecule has 2 heterocycles. The van der Waals surface area contributed by atoms with E-state index in [4.69, 9.17) is 0 Å². The van der Waals surface area contributed by atoms with Gasteiger partial charge < -0.3 is 4.55 Å². The minimum atomic E-state index is -0.539. The van der Waals surface area contributed by atoms with Gasteiger partial charge in [-0.2, -0.15) is 11.8 Å². The summed E-state index contributed by atoms with van der Waals surface area (Å²) in [6, 6.07) is 0. The predicted molar refractivity (Wildman–Crippen MR) is 58.3 cm³/mol. The van der Waals surface area contributed by atoms with Gasteiger partial charge in [0.25, 0.3) is 0 Å². The van der Waals surface area contributed by atoms with E-state index in [1.165, 1.54) is 24.6 Å². The van der Waals surface area contributed by atoms with Gasteiger partial charge in [0, 0.05) is 24.6 Å². The Labute approximate surface area is 87.0 Å². The van der Waals surface area contributed by atoms with E-state index in [0.29, 0.717) is 0 Å². The minimum Gasteiger partial charge on any atom is -0.616 e. The summed E-state index contributed by atoms with van der Waals surface area (Å²) >= 11 is 1.50. The fourth-order valence-corrected chi connectivity index (χ4v) is 3.66. The molecule has 0 aromatic rings. The maximum absolute atomic E-state index is 11.2. The number of hydrazine groups is 1. The molecular weight excluding hydrogens is 204 g/mol. The van der Waals surface area contributed by atoms with Crippen molar-refractivity contribution in [2.24, 2.45) is 0 Å². The van der Waals surface area contributed by atoms with Crippen LogP contribution < -0.4 is 0 Å². The van der Waals surface area contributed by atoms with Crippen molar-refractivity contribution in [1.29, 1.82) is 0 Å². The SMILES string of the molecule is [O-][S+]1CCN(N2CCSCC2)CC1. The quantitative estimate of drug-likeness (QED) is 0.583. The second-order valence-electron chi connectivity index (χ2n) is 3.37. The lowest BCUT2D eigenvalue weighted by atomic mass is 10.5. The Hall–Kier alpha value is 0.580. The average molecular weight is 220 g/mol. The third-order valence-electron chi connectivity index (χ3n) is 2.54. The van der Waals surface area contributed by atoms with Crippen LogP contribution in [0.1, 0.15) is 0 Å². The van der Waals surface area contributed by atoms with E-state index in [1.807, 2.05) is 11.8 Å². The molecule has 76 valence electrons. The molecule has 13 heavy (non-hydrogen) atoms.